The molecule has 2 aromatic carbocycles. The van der Waals surface area contributed by atoms with Crippen LogP contribution in [0.2, 0.25) is 0 Å². The molecule has 0 N–H and O–H groups in total. The first kappa shape index (κ1) is 31.0. The molecule has 11 heteroatoms. The van der Waals surface area contributed by atoms with E-state index in [-0.39, 0.29) is 35.0 Å². The zero-order valence-corrected chi connectivity index (χ0v) is 25.3. The Morgan fingerprint density at radius 3 is 2.05 bits per heavy atom. The number of ether oxygens (including phenoxy) is 6. The first-order valence-corrected chi connectivity index (χ1v) is 15.7. The molecular weight excluding hydrogens is 592 g/mol. The second kappa shape index (κ2) is 14.8. The quantitative estimate of drug-likeness (QED) is 0.133. The fourth-order valence-electron chi connectivity index (χ4n) is 4.43. The minimum Gasteiger partial charge on any atom is -0.493 e. The predicted octanol–water partition coefficient (Wildman–Crippen LogP) is 5.62. The summed E-state index contributed by atoms with van der Waals surface area (Å²) in [6.07, 6.45) is 2.62. The van der Waals surface area contributed by atoms with Gasteiger partial charge in [0.15, 0.2) is 32.8 Å². The van der Waals surface area contributed by atoms with Crippen molar-refractivity contribution in [2.45, 2.75) is 56.1 Å². The van der Waals surface area contributed by atoms with Gasteiger partial charge in [-0.3, -0.25) is 0 Å². The highest BCUT2D eigenvalue weighted by atomic mass is 79.9. The van der Waals surface area contributed by atoms with Gasteiger partial charge in [0.1, 0.15) is 11.2 Å². The highest BCUT2D eigenvalue weighted by molar-refractivity contribution is 9.09. The van der Waals surface area contributed by atoms with Crippen LogP contribution in [0.1, 0.15) is 62.4 Å². The lowest BCUT2D eigenvalue weighted by molar-refractivity contribution is -0.107. The minimum atomic E-state index is -3.83. The number of hydrogen-bond donors (Lipinski definition) is 0. The van der Waals surface area contributed by atoms with Gasteiger partial charge >= 0.3 is 0 Å². The molecule has 0 bridgehead atoms. The number of benzene rings is 2. The normalized spacial score (nSPS) is 17.1. The molecular formula is C28H37BrO9S. The van der Waals surface area contributed by atoms with Gasteiger partial charge in [0.25, 0.3) is 0 Å². The van der Waals surface area contributed by atoms with Crippen LogP contribution < -0.4 is 23.7 Å². The summed E-state index contributed by atoms with van der Waals surface area (Å²) in [4.78, 5) is 11.0. The molecule has 0 aromatic heterocycles. The summed E-state index contributed by atoms with van der Waals surface area (Å²) >= 11 is 3.40. The third-order valence-electron chi connectivity index (χ3n) is 6.32. The predicted molar refractivity (Wildman–Crippen MR) is 151 cm³/mol. The number of halogens is 1. The molecule has 1 fully saturated rings. The number of carbonyl (C=O) groups is 1. The number of hydrogen-bond acceptors (Lipinski definition) is 9. The van der Waals surface area contributed by atoms with Gasteiger partial charge in [-0.1, -0.05) is 22.9 Å². The Labute approximate surface area is 239 Å². The van der Waals surface area contributed by atoms with E-state index >= 15 is 0 Å². The zero-order valence-electron chi connectivity index (χ0n) is 22.9. The summed E-state index contributed by atoms with van der Waals surface area (Å²) < 4.78 is 61.5. The van der Waals surface area contributed by atoms with E-state index in [9.17, 15) is 13.2 Å². The molecule has 0 saturated carbocycles. The molecule has 3 rings (SSSR count). The summed E-state index contributed by atoms with van der Waals surface area (Å²) in [6.45, 7) is 2.65. The molecule has 0 amide bonds. The van der Waals surface area contributed by atoms with Crippen LogP contribution in [0.4, 0.5) is 0 Å². The van der Waals surface area contributed by atoms with Crippen molar-refractivity contribution in [3.63, 3.8) is 0 Å². The van der Waals surface area contributed by atoms with Crippen molar-refractivity contribution >= 4 is 32.1 Å². The van der Waals surface area contributed by atoms with E-state index in [4.69, 9.17) is 28.4 Å². The average Bonchev–Trinajstić information content (AvgIpc) is 3.44. The van der Waals surface area contributed by atoms with E-state index in [1.807, 2.05) is 19.1 Å². The van der Waals surface area contributed by atoms with Gasteiger partial charge in [0, 0.05) is 11.8 Å². The van der Waals surface area contributed by atoms with E-state index < -0.39 is 9.84 Å². The van der Waals surface area contributed by atoms with Gasteiger partial charge in [-0.2, -0.15) is 0 Å². The van der Waals surface area contributed by atoms with E-state index in [1.165, 1.54) is 0 Å². The molecule has 1 heterocycles. The molecule has 216 valence electrons. The Hall–Kier alpha value is -2.50. The Morgan fingerprint density at radius 1 is 0.897 bits per heavy atom. The van der Waals surface area contributed by atoms with Crippen LogP contribution in [0.5, 0.6) is 28.7 Å². The second-order valence-electron chi connectivity index (χ2n) is 9.01. The fraction of sp³-hybridized carbons (Fsp3) is 0.536. The van der Waals surface area contributed by atoms with Gasteiger partial charge in [0.05, 0.1) is 52.5 Å². The molecule has 1 aliphatic heterocycles. The van der Waals surface area contributed by atoms with E-state index in [1.54, 1.807) is 33.5 Å². The van der Waals surface area contributed by atoms with Gasteiger partial charge in [-0.15, -0.1) is 0 Å². The molecule has 9 nitrogen and oxygen atoms in total. The lowest BCUT2D eigenvalue weighted by Gasteiger charge is -2.21. The molecule has 2 aromatic rings. The van der Waals surface area contributed by atoms with E-state index in [2.05, 4.69) is 15.9 Å². The van der Waals surface area contributed by atoms with Gasteiger partial charge in [-0.05, 0) is 61.1 Å². The average molecular weight is 630 g/mol. The number of sulfone groups is 1. The first-order chi connectivity index (χ1) is 18.8. The molecule has 39 heavy (non-hydrogen) atoms. The lowest BCUT2D eigenvalue weighted by Crippen LogP contribution is -2.13. The Bertz CT molecular complexity index is 1190. The van der Waals surface area contributed by atoms with E-state index in [0.29, 0.717) is 67.3 Å². The highest BCUT2D eigenvalue weighted by Gasteiger charge is 2.33. The van der Waals surface area contributed by atoms with Gasteiger partial charge < -0.3 is 33.2 Å². The summed E-state index contributed by atoms with van der Waals surface area (Å²) in [5.74, 6) is 1.77. The maximum absolute atomic E-state index is 13.3. The van der Waals surface area contributed by atoms with Crippen molar-refractivity contribution in [1.29, 1.82) is 0 Å². The zero-order chi connectivity index (χ0) is 28.4. The summed E-state index contributed by atoms with van der Waals surface area (Å²) in [5, 5.41) is 0.741. The van der Waals surface area contributed by atoms with Crippen molar-refractivity contribution in [3.8, 4) is 28.7 Å². The van der Waals surface area contributed by atoms with Crippen molar-refractivity contribution in [3.05, 3.63) is 35.4 Å². The second-order valence-corrected chi connectivity index (χ2v) is 11.9. The first-order valence-electron chi connectivity index (χ1n) is 12.9. The molecule has 0 radical (unpaired) electrons. The van der Waals surface area contributed by atoms with Crippen LogP contribution in [-0.2, 0) is 19.4 Å². The summed E-state index contributed by atoms with van der Waals surface area (Å²) in [6, 6.07) is 7.13. The maximum Gasteiger partial charge on any atom is 0.203 e. The molecule has 0 aliphatic carbocycles. The lowest BCUT2D eigenvalue weighted by atomic mass is 10.0. The smallest absolute Gasteiger partial charge is 0.203 e. The van der Waals surface area contributed by atoms with Crippen LogP contribution in [0.3, 0.4) is 0 Å². The number of carbonyl (C=O) groups excluding carboxylic acids is 1. The van der Waals surface area contributed by atoms with Crippen LogP contribution in [0, 0.1) is 0 Å². The van der Waals surface area contributed by atoms with Crippen molar-refractivity contribution in [2.75, 3.05) is 45.6 Å². The van der Waals surface area contributed by atoms with Gasteiger partial charge in [-0.25, -0.2) is 8.42 Å². The van der Waals surface area contributed by atoms with Crippen molar-refractivity contribution in [2.24, 2.45) is 0 Å². The van der Waals surface area contributed by atoms with Crippen LogP contribution in [0.15, 0.2) is 29.2 Å². The van der Waals surface area contributed by atoms with Crippen LogP contribution in [-0.4, -0.2) is 60.3 Å². The summed E-state index contributed by atoms with van der Waals surface area (Å²) in [5.41, 5.74) is 1.54. The largest absolute Gasteiger partial charge is 0.493 e. The molecule has 1 aliphatic rings. The van der Waals surface area contributed by atoms with Crippen molar-refractivity contribution < 1.29 is 41.6 Å². The fourth-order valence-corrected chi connectivity index (χ4v) is 6.05. The molecule has 2 unspecified atom stereocenters. The molecule has 0 spiro atoms. The highest BCUT2D eigenvalue weighted by Crippen LogP contribution is 2.48. The number of rotatable bonds is 16. The Morgan fingerprint density at radius 2 is 1.51 bits per heavy atom. The molecule has 2 atom stereocenters. The van der Waals surface area contributed by atoms with Crippen molar-refractivity contribution in [1.82, 2.24) is 0 Å². The Kier molecular flexibility index (Phi) is 11.7. The number of alkyl halides is 1. The minimum absolute atomic E-state index is 0.0176. The van der Waals surface area contributed by atoms with Crippen LogP contribution >= 0.6 is 15.9 Å². The van der Waals surface area contributed by atoms with Gasteiger partial charge in [0.2, 0.25) is 5.75 Å². The number of methoxy groups -OCH3 is 3. The molecule has 1 saturated heterocycles. The summed E-state index contributed by atoms with van der Waals surface area (Å²) in [7, 11) is 0.843. The third-order valence-corrected chi connectivity index (χ3v) is 8.63. The number of aldehydes is 1. The SMILES string of the molecule is CCCOc1c(OCCCBr)cc(C2CCC(c3cc(OC)c(OC)c(OC)c3)O2)cc1S(=O)(=O)CCC=O. The van der Waals surface area contributed by atoms with Crippen LogP contribution in [0.25, 0.3) is 0 Å². The van der Waals surface area contributed by atoms with E-state index in [0.717, 1.165) is 17.3 Å². The Balaban J connectivity index is 2.02. The topological polar surface area (TPSA) is 107 Å². The standard InChI is InChI=1S/C28H37BrO9S/c1-5-12-37-28-25(36-13-6-10-29)17-20(18-26(28)39(31,32)14-7-11-30)22-9-8-21(38-22)19-15-23(33-2)27(35-4)24(16-19)34-3/h11,15-18,21-22H,5-10,12-14H2,1-4H3. The third kappa shape index (κ3) is 7.58. The monoisotopic (exact) mass is 628 g/mol. The maximum atomic E-state index is 13.3.